The number of ether oxygens (including phenoxy) is 1. The van der Waals surface area contributed by atoms with E-state index in [2.05, 4.69) is 15.9 Å². The molecule has 0 fully saturated rings. The minimum absolute atomic E-state index is 0.00438. The minimum Gasteiger partial charge on any atom is -0.489 e. The molecule has 0 saturated carbocycles. The number of carbonyl (C=O) groups is 1. The van der Waals surface area contributed by atoms with E-state index in [4.69, 9.17) is 4.74 Å². The second kappa shape index (κ2) is 6.49. The molecular weight excluding hydrogens is 338 g/mol. The maximum absolute atomic E-state index is 11.2. The van der Waals surface area contributed by atoms with Crippen LogP contribution in [-0.4, -0.2) is 10.7 Å². The highest BCUT2D eigenvalue weighted by Gasteiger charge is 2.14. The quantitative estimate of drug-likeness (QED) is 0.462. The fourth-order valence-corrected chi connectivity index (χ4v) is 2.12. The Labute approximate surface area is 129 Å². The van der Waals surface area contributed by atoms with Gasteiger partial charge in [-0.15, -0.1) is 0 Å². The van der Waals surface area contributed by atoms with Crippen LogP contribution in [0.5, 0.6) is 5.75 Å². The van der Waals surface area contributed by atoms with Gasteiger partial charge >= 0.3 is 0 Å². The van der Waals surface area contributed by atoms with E-state index in [-0.39, 0.29) is 18.1 Å². The molecule has 0 amide bonds. The number of ketones is 1. The Morgan fingerprint density at radius 2 is 1.90 bits per heavy atom. The van der Waals surface area contributed by atoms with Gasteiger partial charge in [-0.25, -0.2) is 0 Å². The number of nitro benzene ring substituents is 1. The number of hydrogen-bond acceptors (Lipinski definition) is 4. The zero-order valence-corrected chi connectivity index (χ0v) is 12.8. The van der Waals surface area contributed by atoms with Crippen molar-refractivity contribution in [2.24, 2.45) is 0 Å². The van der Waals surface area contributed by atoms with Gasteiger partial charge in [-0.2, -0.15) is 0 Å². The van der Waals surface area contributed by atoms with Crippen LogP contribution in [0.1, 0.15) is 22.8 Å². The van der Waals surface area contributed by atoms with Crippen LogP contribution in [0.3, 0.4) is 0 Å². The van der Waals surface area contributed by atoms with Crippen LogP contribution in [0.25, 0.3) is 0 Å². The Balaban J connectivity index is 2.13. The van der Waals surface area contributed by atoms with Crippen molar-refractivity contribution in [3.05, 3.63) is 68.2 Å². The van der Waals surface area contributed by atoms with Crippen molar-refractivity contribution >= 4 is 27.4 Å². The highest BCUT2D eigenvalue weighted by molar-refractivity contribution is 9.10. The van der Waals surface area contributed by atoms with Gasteiger partial charge in [0.05, 0.1) is 10.5 Å². The van der Waals surface area contributed by atoms with Crippen molar-refractivity contribution in [1.82, 2.24) is 0 Å². The molecule has 0 unspecified atom stereocenters. The maximum atomic E-state index is 11.2. The van der Waals surface area contributed by atoms with Gasteiger partial charge in [0.1, 0.15) is 12.4 Å². The van der Waals surface area contributed by atoms with Gasteiger partial charge in [-0.1, -0.05) is 15.9 Å². The number of hydrogen-bond donors (Lipinski definition) is 0. The van der Waals surface area contributed by atoms with Gasteiger partial charge in [-0.05, 0) is 43.3 Å². The van der Waals surface area contributed by atoms with E-state index in [1.165, 1.54) is 13.0 Å². The number of nitrogens with zero attached hydrogens (tertiary/aromatic N) is 1. The number of nitro groups is 1. The first-order valence-electron chi connectivity index (χ1n) is 6.14. The summed E-state index contributed by atoms with van der Waals surface area (Å²) in [5, 5.41) is 11.0. The number of halogens is 1. The molecule has 0 bridgehead atoms. The third-order valence-corrected chi connectivity index (χ3v) is 3.39. The van der Waals surface area contributed by atoms with Crippen molar-refractivity contribution in [3.8, 4) is 5.75 Å². The first-order chi connectivity index (χ1) is 9.97. The molecule has 6 heteroatoms. The lowest BCUT2D eigenvalue weighted by atomic mass is 10.1. The van der Waals surface area contributed by atoms with Gasteiger partial charge < -0.3 is 4.74 Å². The number of carbonyl (C=O) groups excluding carboxylic acids is 1. The third-order valence-electron chi connectivity index (χ3n) is 2.90. The van der Waals surface area contributed by atoms with Gasteiger partial charge in [-0.3, -0.25) is 14.9 Å². The van der Waals surface area contributed by atoms with Gasteiger partial charge in [0.25, 0.3) is 5.69 Å². The first kappa shape index (κ1) is 15.2. The van der Waals surface area contributed by atoms with Crippen LogP contribution in [0.15, 0.2) is 46.9 Å². The Hall–Kier alpha value is -2.21. The number of Topliss-reactive ketones (excluding diaryl/α,β-unsaturated/α-hetero) is 1. The molecule has 0 aromatic heterocycles. The molecule has 0 atom stereocenters. The summed E-state index contributed by atoms with van der Waals surface area (Å²) in [4.78, 5) is 21.7. The molecule has 0 saturated heterocycles. The molecule has 5 nitrogen and oxygen atoms in total. The Bertz CT molecular complexity index is 683. The number of rotatable bonds is 5. The second-order valence-corrected chi connectivity index (χ2v) is 5.32. The summed E-state index contributed by atoms with van der Waals surface area (Å²) >= 11 is 3.20. The minimum atomic E-state index is -0.442. The molecule has 0 radical (unpaired) electrons. The molecular formula is C15H12BrNO4. The monoisotopic (exact) mass is 349 g/mol. The molecule has 2 aromatic rings. The highest BCUT2D eigenvalue weighted by atomic mass is 79.9. The zero-order chi connectivity index (χ0) is 15.4. The topological polar surface area (TPSA) is 69.4 Å². The van der Waals surface area contributed by atoms with Crippen molar-refractivity contribution in [1.29, 1.82) is 0 Å². The van der Waals surface area contributed by atoms with Crippen LogP contribution >= 0.6 is 15.9 Å². The van der Waals surface area contributed by atoms with E-state index in [0.29, 0.717) is 21.3 Å². The van der Waals surface area contributed by atoms with E-state index in [1.807, 2.05) is 0 Å². The fourth-order valence-electron chi connectivity index (χ4n) is 1.78. The van der Waals surface area contributed by atoms with E-state index in [9.17, 15) is 14.9 Å². The Morgan fingerprint density at radius 1 is 1.24 bits per heavy atom. The SMILES string of the molecule is CC(=O)c1ccc(OCc2ccc(Br)cc2[N+](=O)[O-])cc1. The molecule has 0 spiro atoms. The average molecular weight is 350 g/mol. The van der Waals surface area contributed by atoms with Crippen LogP contribution in [-0.2, 0) is 6.61 Å². The third kappa shape index (κ3) is 3.88. The average Bonchev–Trinajstić information content (AvgIpc) is 2.46. The predicted molar refractivity (Wildman–Crippen MR) is 81.6 cm³/mol. The summed E-state index contributed by atoms with van der Waals surface area (Å²) in [5.74, 6) is 0.530. The smallest absolute Gasteiger partial charge is 0.277 e. The van der Waals surface area contributed by atoms with E-state index in [1.54, 1.807) is 36.4 Å². The van der Waals surface area contributed by atoms with Crippen LogP contribution in [0.2, 0.25) is 0 Å². The predicted octanol–water partition coefficient (Wildman–Crippen LogP) is 4.14. The summed E-state index contributed by atoms with van der Waals surface area (Å²) in [6.45, 7) is 1.57. The van der Waals surface area contributed by atoms with Crippen molar-refractivity contribution < 1.29 is 14.5 Å². The fraction of sp³-hybridized carbons (Fsp3) is 0.133. The molecule has 0 heterocycles. The highest BCUT2D eigenvalue weighted by Crippen LogP contribution is 2.25. The maximum Gasteiger partial charge on any atom is 0.277 e. The second-order valence-electron chi connectivity index (χ2n) is 4.40. The largest absolute Gasteiger partial charge is 0.489 e. The van der Waals surface area contributed by atoms with Crippen LogP contribution in [0.4, 0.5) is 5.69 Å². The lowest BCUT2D eigenvalue weighted by Crippen LogP contribution is -2.01. The van der Waals surface area contributed by atoms with Crippen LogP contribution < -0.4 is 4.74 Å². The molecule has 2 rings (SSSR count). The summed E-state index contributed by atoms with van der Waals surface area (Å²) in [6, 6.07) is 11.5. The lowest BCUT2D eigenvalue weighted by molar-refractivity contribution is -0.385. The Kier molecular flexibility index (Phi) is 4.70. The lowest BCUT2D eigenvalue weighted by Gasteiger charge is -2.07. The van der Waals surface area contributed by atoms with Crippen molar-refractivity contribution in [2.75, 3.05) is 0 Å². The summed E-state index contributed by atoms with van der Waals surface area (Å²) in [5.41, 5.74) is 1.08. The normalized spacial score (nSPS) is 10.2. The summed E-state index contributed by atoms with van der Waals surface area (Å²) in [7, 11) is 0. The van der Waals surface area contributed by atoms with E-state index < -0.39 is 4.92 Å². The zero-order valence-electron chi connectivity index (χ0n) is 11.2. The van der Waals surface area contributed by atoms with E-state index in [0.717, 1.165) is 0 Å². The molecule has 108 valence electrons. The summed E-state index contributed by atoms with van der Waals surface area (Å²) in [6.07, 6.45) is 0. The molecule has 0 aliphatic heterocycles. The molecule has 0 aliphatic rings. The molecule has 0 N–H and O–H groups in total. The van der Waals surface area contributed by atoms with Crippen molar-refractivity contribution in [3.63, 3.8) is 0 Å². The van der Waals surface area contributed by atoms with Crippen LogP contribution in [0, 0.1) is 10.1 Å². The standard InChI is InChI=1S/C15H12BrNO4/c1-10(18)11-3-6-14(7-4-11)21-9-12-2-5-13(16)8-15(12)17(19)20/h2-8H,9H2,1H3. The van der Waals surface area contributed by atoms with Gasteiger partial charge in [0, 0.05) is 16.1 Å². The van der Waals surface area contributed by atoms with E-state index >= 15 is 0 Å². The van der Waals surface area contributed by atoms with Gasteiger partial charge in [0.2, 0.25) is 0 Å². The molecule has 21 heavy (non-hydrogen) atoms. The first-order valence-corrected chi connectivity index (χ1v) is 6.93. The number of benzene rings is 2. The van der Waals surface area contributed by atoms with Gasteiger partial charge in [0.15, 0.2) is 5.78 Å². The molecule has 2 aromatic carbocycles. The van der Waals surface area contributed by atoms with Crippen molar-refractivity contribution in [2.45, 2.75) is 13.5 Å². The Morgan fingerprint density at radius 3 is 2.48 bits per heavy atom. The summed E-state index contributed by atoms with van der Waals surface area (Å²) < 4.78 is 6.17. The molecule has 0 aliphatic carbocycles.